The quantitative estimate of drug-likeness (QED) is 0.781. The highest BCUT2D eigenvalue weighted by molar-refractivity contribution is 6.03. The summed E-state index contributed by atoms with van der Waals surface area (Å²) in [5.41, 5.74) is 0.320. The molecule has 0 heterocycles. The van der Waals surface area contributed by atoms with E-state index >= 15 is 0 Å². The van der Waals surface area contributed by atoms with Crippen molar-refractivity contribution >= 4 is 5.78 Å². The molecule has 0 unspecified atom stereocenters. The molecule has 4 heteroatoms. The van der Waals surface area contributed by atoms with Gasteiger partial charge in [-0.2, -0.15) is 0 Å². The van der Waals surface area contributed by atoms with E-state index in [0.29, 0.717) is 17.1 Å². The number of hydrogen-bond acceptors (Lipinski definition) is 4. The van der Waals surface area contributed by atoms with Crippen molar-refractivity contribution in [3.63, 3.8) is 0 Å². The van der Waals surface area contributed by atoms with E-state index in [0.717, 1.165) is 25.7 Å². The Labute approximate surface area is 127 Å². The van der Waals surface area contributed by atoms with Crippen molar-refractivity contribution in [3.05, 3.63) is 23.8 Å². The summed E-state index contributed by atoms with van der Waals surface area (Å²) in [7, 11) is 7.20. The lowest BCUT2D eigenvalue weighted by Crippen LogP contribution is -2.52. The number of methoxy groups -OCH3 is 2. The third kappa shape index (κ3) is 2.91. The largest absolute Gasteiger partial charge is 0.493 e. The summed E-state index contributed by atoms with van der Waals surface area (Å²) in [4.78, 5) is 15.2. The minimum Gasteiger partial charge on any atom is -0.493 e. The molecule has 1 aromatic carbocycles. The molecule has 4 nitrogen and oxygen atoms in total. The third-order valence-electron chi connectivity index (χ3n) is 4.61. The lowest BCUT2D eigenvalue weighted by atomic mass is 9.75. The summed E-state index contributed by atoms with van der Waals surface area (Å²) in [6, 6.07) is 5.43. The molecular weight excluding hydrogens is 266 g/mol. The zero-order valence-electron chi connectivity index (χ0n) is 13.4. The number of carbonyl (C=O) groups excluding carboxylic acids is 1. The van der Waals surface area contributed by atoms with Crippen LogP contribution in [0.1, 0.15) is 42.5 Å². The summed E-state index contributed by atoms with van der Waals surface area (Å²) in [6.07, 6.45) is 5.28. The highest BCUT2D eigenvalue weighted by Crippen LogP contribution is 2.37. The first-order chi connectivity index (χ1) is 10.0. The van der Waals surface area contributed by atoms with Crippen LogP contribution < -0.4 is 9.47 Å². The smallest absolute Gasteiger partial charge is 0.183 e. The highest BCUT2D eigenvalue weighted by atomic mass is 16.5. The maximum atomic E-state index is 13.1. The maximum Gasteiger partial charge on any atom is 0.183 e. The van der Waals surface area contributed by atoms with Crippen molar-refractivity contribution in [1.82, 2.24) is 4.90 Å². The van der Waals surface area contributed by atoms with E-state index in [4.69, 9.17) is 9.47 Å². The fourth-order valence-electron chi connectivity index (χ4n) is 3.26. The van der Waals surface area contributed by atoms with Crippen LogP contribution in [0.15, 0.2) is 18.2 Å². The Kier molecular flexibility index (Phi) is 4.88. The Balaban J connectivity index is 2.37. The summed E-state index contributed by atoms with van der Waals surface area (Å²) in [6.45, 7) is 0. The molecule has 1 aromatic rings. The molecule has 0 saturated heterocycles. The molecule has 1 saturated carbocycles. The van der Waals surface area contributed by atoms with E-state index in [2.05, 4.69) is 4.90 Å². The van der Waals surface area contributed by atoms with E-state index in [1.807, 2.05) is 20.2 Å². The summed E-state index contributed by atoms with van der Waals surface area (Å²) in [5, 5.41) is 0. The number of carbonyl (C=O) groups is 1. The van der Waals surface area contributed by atoms with E-state index in [1.165, 1.54) is 6.42 Å². The number of ether oxygens (including phenoxy) is 2. The predicted octanol–water partition coefficient (Wildman–Crippen LogP) is 3.15. The lowest BCUT2D eigenvalue weighted by molar-refractivity contribution is 0.0563. The van der Waals surface area contributed by atoms with Crippen LogP contribution in [-0.2, 0) is 0 Å². The Morgan fingerprint density at radius 3 is 2.19 bits per heavy atom. The molecule has 0 aliphatic heterocycles. The average molecular weight is 291 g/mol. The van der Waals surface area contributed by atoms with Crippen LogP contribution >= 0.6 is 0 Å². The van der Waals surface area contributed by atoms with Crippen LogP contribution in [0.4, 0.5) is 0 Å². The number of nitrogens with zero attached hydrogens (tertiary/aromatic N) is 1. The molecular formula is C17H25NO3. The standard InChI is InChI=1S/C17H25NO3/c1-18(2)17(10-6-5-7-11-17)16(19)13-8-9-14(20-3)15(12-13)21-4/h8-9,12H,5-7,10-11H2,1-4H3. The molecule has 21 heavy (non-hydrogen) atoms. The molecule has 0 radical (unpaired) electrons. The predicted molar refractivity (Wildman–Crippen MR) is 83.4 cm³/mol. The normalized spacial score (nSPS) is 17.6. The van der Waals surface area contributed by atoms with E-state index in [1.54, 1.807) is 26.4 Å². The highest BCUT2D eigenvalue weighted by Gasteiger charge is 2.41. The Hall–Kier alpha value is -1.55. The molecule has 1 fully saturated rings. The molecule has 1 aliphatic rings. The summed E-state index contributed by atoms with van der Waals surface area (Å²) >= 11 is 0. The van der Waals surface area contributed by atoms with E-state index in [-0.39, 0.29) is 11.3 Å². The lowest BCUT2D eigenvalue weighted by Gasteiger charge is -2.41. The van der Waals surface area contributed by atoms with Crippen molar-refractivity contribution in [2.24, 2.45) is 0 Å². The van der Waals surface area contributed by atoms with Gasteiger partial charge in [0.25, 0.3) is 0 Å². The van der Waals surface area contributed by atoms with Gasteiger partial charge in [-0.3, -0.25) is 9.69 Å². The second kappa shape index (κ2) is 6.48. The van der Waals surface area contributed by atoms with Crippen molar-refractivity contribution in [2.75, 3.05) is 28.3 Å². The second-order valence-corrected chi connectivity index (χ2v) is 5.89. The number of hydrogen-bond donors (Lipinski definition) is 0. The molecule has 1 aliphatic carbocycles. The van der Waals surface area contributed by atoms with Crippen molar-refractivity contribution in [3.8, 4) is 11.5 Å². The van der Waals surface area contributed by atoms with E-state index < -0.39 is 0 Å². The zero-order chi connectivity index (χ0) is 15.5. The Morgan fingerprint density at radius 2 is 1.67 bits per heavy atom. The van der Waals surface area contributed by atoms with Gasteiger partial charge in [-0.1, -0.05) is 19.3 Å². The average Bonchev–Trinajstić information content (AvgIpc) is 2.53. The van der Waals surface area contributed by atoms with Gasteiger partial charge in [-0.15, -0.1) is 0 Å². The van der Waals surface area contributed by atoms with Gasteiger partial charge < -0.3 is 9.47 Å². The van der Waals surface area contributed by atoms with Crippen molar-refractivity contribution < 1.29 is 14.3 Å². The number of Topliss-reactive ketones (excluding diaryl/α,β-unsaturated/α-hetero) is 1. The van der Waals surface area contributed by atoms with Gasteiger partial charge in [0.1, 0.15) is 0 Å². The van der Waals surface area contributed by atoms with Gasteiger partial charge in [0.2, 0.25) is 0 Å². The third-order valence-corrected chi connectivity index (χ3v) is 4.61. The monoisotopic (exact) mass is 291 g/mol. The zero-order valence-corrected chi connectivity index (χ0v) is 13.4. The van der Waals surface area contributed by atoms with Crippen LogP contribution in [0.2, 0.25) is 0 Å². The minimum atomic E-state index is -0.377. The summed E-state index contributed by atoms with van der Waals surface area (Å²) in [5.74, 6) is 1.44. The fraction of sp³-hybridized carbons (Fsp3) is 0.588. The van der Waals surface area contributed by atoms with Crippen molar-refractivity contribution in [2.45, 2.75) is 37.6 Å². The minimum absolute atomic E-state index is 0.188. The van der Waals surface area contributed by atoms with Gasteiger partial charge >= 0.3 is 0 Å². The first kappa shape index (κ1) is 15.8. The van der Waals surface area contributed by atoms with Gasteiger partial charge in [-0.05, 0) is 45.1 Å². The van der Waals surface area contributed by atoms with E-state index in [9.17, 15) is 4.79 Å². The summed E-state index contributed by atoms with van der Waals surface area (Å²) < 4.78 is 10.6. The molecule has 0 spiro atoms. The van der Waals surface area contributed by atoms with Gasteiger partial charge in [0.05, 0.1) is 19.8 Å². The first-order valence-electron chi connectivity index (χ1n) is 7.49. The molecule has 0 atom stereocenters. The number of ketones is 1. The number of likely N-dealkylation sites (N-methyl/N-ethyl adjacent to an activating group) is 1. The Morgan fingerprint density at radius 1 is 1.05 bits per heavy atom. The number of rotatable bonds is 5. The molecule has 0 N–H and O–H groups in total. The molecule has 0 bridgehead atoms. The van der Waals surface area contributed by atoms with Crippen LogP contribution in [0.25, 0.3) is 0 Å². The van der Waals surface area contributed by atoms with Crippen LogP contribution in [0.5, 0.6) is 11.5 Å². The van der Waals surface area contributed by atoms with Crippen LogP contribution in [-0.4, -0.2) is 44.5 Å². The molecule has 116 valence electrons. The topological polar surface area (TPSA) is 38.8 Å². The SMILES string of the molecule is COc1ccc(C(=O)C2(N(C)C)CCCCC2)cc1OC. The second-order valence-electron chi connectivity index (χ2n) is 5.89. The molecule has 2 rings (SSSR count). The molecule has 0 aromatic heterocycles. The van der Waals surface area contributed by atoms with Crippen molar-refractivity contribution in [1.29, 1.82) is 0 Å². The van der Waals surface area contributed by atoms with Crippen LogP contribution in [0.3, 0.4) is 0 Å². The van der Waals surface area contributed by atoms with Gasteiger partial charge in [-0.25, -0.2) is 0 Å². The van der Waals surface area contributed by atoms with Gasteiger partial charge in [0, 0.05) is 5.56 Å². The number of benzene rings is 1. The van der Waals surface area contributed by atoms with Crippen LogP contribution in [0, 0.1) is 0 Å². The maximum absolute atomic E-state index is 13.1. The Bertz CT molecular complexity index is 505. The van der Waals surface area contributed by atoms with Gasteiger partial charge in [0.15, 0.2) is 17.3 Å². The fourth-order valence-corrected chi connectivity index (χ4v) is 3.26. The molecule has 0 amide bonds. The first-order valence-corrected chi connectivity index (χ1v) is 7.49.